The van der Waals surface area contributed by atoms with Gasteiger partial charge in [0.2, 0.25) is 0 Å². The zero-order valence-corrected chi connectivity index (χ0v) is 20.3. The van der Waals surface area contributed by atoms with E-state index < -0.39 is 5.97 Å². The Morgan fingerprint density at radius 3 is 2.47 bits per heavy atom. The van der Waals surface area contributed by atoms with Gasteiger partial charge in [-0.1, -0.05) is 26.8 Å². The van der Waals surface area contributed by atoms with Gasteiger partial charge in [-0.05, 0) is 111 Å². The molecule has 0 amide bonds. The summed E-state index contributed by atoms with van der Waals surface area (Å²) in [5, 5.41) is 42.3. The molecule has 5 heteroatoms. The highest BCUT2D eigenvalue weighted by Gasteiger charge is 2.65. The normalized spacial score (nSPS) is 49.7. The molecule has 0 aromatic heterocycles. The van der Waals surface area contributed by atoms with Gasteiger partial charge in [-0.3, -0.25) is 0 Å². The third-order valence-corrected chi connectivity index (χ3v) is 10.9. The summed E-state index contributed by atoms with van der Waals surface area (Å²) >= 11 is 0. The lowest BCUT2D eigenvalue weighted by Gasteiger charge is -2.63. The molecule has 0 aromatic carbocycles. The van der Waals surface area contributed by atoms with E-state index in [0.717, 1.165) is 57.8 Å². The van der Waals surface area contributed by atoms with Gasteiger partial charge in [0.1, 0.15) is 0 Å². The zero-order valence-electron chi connectivity index (χ0n) is 20.3. The molecular formula is C27H44O5. The number of aliphatic hydroxyl groups excluding tert-OH is 3. The molecule has 4 fully saturated rings. The number of allylic oxidation sites excluding steroid dienone is 1. The van der Waals surface area contributed by atoms with Gasteiger partial charge in [0.15, 0.2) is 0 Å². The molecule has 4 aliphatic carbocycles. The Balaban J connectivity index is 1.54. The lowest BCUT2D eigenvalue weighted by molar-refractivity contribution is -0.207. The molecule has 4 unspecified atom stereocenters. The quantitative estimate of drug-likeness (QED) is 0.468. The minimum atomic E-state index is -0.854. The Morgan fingerprint density at radius 2 is 1.78 bits per heavy atom. The maximum atomic E-state index is 11.6. The maximum absolute atomic E-state index is 11.6. The largest absolute Gasteiger partial charge is 0.478 e. The molecule has 0 bridgehead atoms. The predicted octanol–water partition coefficient (Wildman–Crippen LogP) is 4.40. The molecule has 0 heterocycles. The minimum Gasteiger partial charge on any atom is -0.478 e. The fourth-order valence-electron chi connectivity index (χ4n) is 8.98. The molecule has 4 saturated carbocycles. The molecule has 182 valence electrons. The van der Waals surface area contributed by atoms with Gasteiger partial charge in [-0.25, -0.2) is 4.79 Å². The molecule has 32 heavy (non-hydrogen) atoms. The van der Waals surface area contributed by atoms with Crippen LogP contribution in [-0.4, -0.2) is 44.7 Å². The van der Waals surface area contributed by atoms with E-state index in [9.17, 15) is 20.1 Å². The molecule has 11 atom stereocenters. The number of carboxylic acid groups (broad SMARTS) is 1. The fourth-order valence-corrected chi connectivity index (χ4v) is 8.98. The molecule has 0 spiro atoms. The molecule has 0 aromatic rings. The summed E-state index contributed by atoms with van der Waals surface area (Å²) in [6.07, 6.45) is 8.88. The van der Waals surface area contributed by atoms with Gasteiger partial charge in [0.25, 0.3) is 0 Å². The lowest BCUT2D eigenvalue weighted by Crippen LogP contribution is -2.62. The standard InChI is InChI=1S/C27H44O5/c1-15(6-5-7-16(2)25(31)32)19-8-9-20-24-21(14-23(30)27(19,20)4)26(3)11-10-18(28)12-17(26)13-22(24)29/h7,15,17-24,28-30H,5-6,8-14H2,1-4H3,(H,31,32)/t15-,17?,18?,19-,20+,21+,22?,23?,24+,26+,27-/m1/s1. The Labute approximate surface area is 193 Å². The Kier molecular flexibility index (Phi) is 6.59. The number of carboxylic acids is 1. The lowest BCUT2D eigenvalue weighted by atomic mass is 9.43. The van der Waals surface area contributed by atoms with Crippen LogP contribution in [0.1, 0.15) is 85.5 Å². The monoisotopic (exact) mass is 448 g/mol. The smallest absolute Gasteiger partial charge is 0.330 e. The van der Waals surface area contributed by atoms with Gasteiger partial charge in [0, 0.05) is 5.57 Å². The van der Waals surface area contributed by atoms with Crippen LogP contribution in [0, 0.1) is 46.3 Å². The summed E-state index contributed by atoms with van der Waals surface area (Å²) in [6.45, 7) is 8.55. The first-order valence-corrected chi connectivity index (χ1v) is 12.9. The first kappa shape index (κ1) is 24.2. The number of aliphatic hydroxyl groups is 3. The first-order valence-electron chi connectivity index (χ1n) is 12.9. The molecule has 4 rings (SSSR count). The number of carbonyl (C=O) groups is 1. The molecule has 5 nitrogen and oxygen atoms in total. The van der Waals surface area contributed by atoms with Gasteiger partial charge in [0.05, 0.1) is 18.3 Å². The van der Waals surface area contributed by atoms with Crippen LogP contribution in [0.25, 0.3) is 0 Å². The third-order valence-electron chi connectivity index (χ3n) is 10.9. The van der Waals surface area contributed by atoms with Crippen molar-refractivity contribution in [1.29, 1.82) is 0 Å². The van der Waals surface area contributed by atoms with E-state index in [1.807, 2.05) is 6.08 Å². The van der Waals surface area contributed by atoms with Gasteiger partial charge >= 0.3 is 5.97 Å². The second-order valence-electron chi connectivity index (χ2n) is 12.3. The highest BCUT2D eigenvalue weighted by atomic mass is 16.4. The summed E-state index contributed by atoms with van der Waals surface area (Å²) in [5.74, 6) is 1.20. The third kappa shape index (κ3) is 3.76. The van der Waals surface area contributed by atoms with Crippen molar-refractivity contribution < 1.29 is 25.2 Å². The summed E-state index contributed by atoms with van der Waals surface area (Å²) in [7, 11) is 0. The van der Waals surface area contributed by atoms with Crippen molar-refractivity contribution in [2.24, 2.45) is 46.3 Å². The average Bonchev–Trinajstić information content (AvgIpc) is 3.08. The van der Waals surface area contributed by atoms with Crippen LogP contribution in [0.4, 0.5) is 0 Å². The van der Waals surface area contributed by atoms with Crippen molar-refractivity contribution in [3.05, 3.63) is 11.6 Å². The highest BCUT2D eigenvalue weighted by Crippen LogP contribution is 2.68. The van der Waals surface area contributed by atoms with Crippen molar-refractivity contribution in [2.45, 2.75) is 104 Å². The minimum absolute atomic E-state index is 0.105. The number of rotatable bonds is 5. The van der Waals surface area contributed by atoms with Gasteiger partial charge in [-0.15, -0.1) is 0 Å². The summed E-state index contributed by atoms with van der Waals surface area (Å²) < 4.78 is 0. The number of aliphatic carboxylic acids is 1. The molecule has 4 N–H and O–H groups in total. The number of fused-ring (bicyclic) bond motifs is 5. The van der Waals surface area contributed by atoms with Crippen LogP contribution in [-0.2, 0) is 4.79 Å². The van der Waals surface area contributed by atoms with Crippen LogP contribution < -0.4 is 0 Å². The Morgan fingerprint density at radius 1 is 1.06 bits per heavy atom. The van der Waals surface area contributed by atoms with E-state index in [1.54, 1.807) is 6.92 Å². The second-order valence-corrected chi connectivity index (χ2v) is 12.3. The van der Waals surface area contributed by atoms with Gasteiger partial charge in [-0.2, -0.15) is 0 Å². The number of hydrogen-bond donors (Lipinski definition) is 4. The van der Waals surface area contributed by atoms with Crippen molar-refractivity contribution in [1.82, 2.24) is 0 Å². The molecule has 4 aliphatic rings. The SMILES string of the molecule is CC(=CCC[C@@H](C)[C@H]1CC[C@H]2[C@@H]3C(O)CC4CC(O)CC[C@]4(C)[C@H]3CC(O)[C@]12C)C(=O)O. The molecule has 0 aliphatic heterocycles. The fraction of sp³-hybridized carbons (Fsp3) is 0.889. The first-order chi connectivity index (χ1) is 15.0. The zero-order chi connectivity index (χ0) is 23.4. The van der Waals surface area contributed by atoms with Crippen LogP contribution in [0.3, 0.4) is 0 Å². The molecule has 0 radical (unpaired) electrons. The van der Waals surface area contributed by atoms with E-state index in [1.165, 1.54) is 0 Å². The van der Waals surface area contributed by atoms with E-state index in [-0.39, 0.29) is 35.1 Å². The predicted molar refractivity (Wildman–Crippen MR) is 124 cm³/mol. The van der Waals surface area contributed by atoms with E-state index in [2.05, 4.69) is 20.8 Å². The molecule has 0 saturated heterocycles. The average molecular weight is 449 g/mol. The van der Waals surface area contributed by atoms with Crippen LogP contribution in [0.5, 0.6) is 0 Å². The van der Waals surface area contributed by atoms with Gasteiger partial charge < -0.3 is 20.4 Å². The van der Waals surface area contributed by atoms with Crippen molar-refractivity contribution in [3.63, 3.8) is 0 Å². The molecular weight excluding hydrogens is 404 g/mol. The maximum Gasteiger partial charge on any atom is 0.330 e. The Hall–Kier alpha value is -0.910. The second kappa shape index (κ2) is 8.70. The number of hydrogen-bond acceptors (Lipinski definition) is 4. The Bertz CT molecular complexity index is 748. The van der Waals surface area contributed by atoms with Crippen LogP contribution in [0.2, 0.25) is 0 Å². The van der Waals surface area contributed by atoms with Crippen molar-refractivity contribution in [3.8, 4) is 0 Å². The van der Waals surface area contributed by atoms with Crippen LogP contribution >= 0.6 is 0 Å². The summed E-state index contributed by atoms with van der Waals surface area (Å²) in [4.78, 5) is 11.1. The topological polar surface area (TPSA) is 98.0 Å². The van der Waals surface area contributed by atoms with E-state index >= 15 is 0 Å². The highest BCUT2D eigenvalue weighted by molar-refractivity contribution is 5.85. The summed E-state index contributed by atoms with van der Waals surface area (Å²) in [6, 6.07) is 0. The van der Waals surface area contributed by atoms with Crippen molar-refractivity contribution in [2.75, 3.05) is 0 Å². The van der Waals surface area contributed by atoms with Crippen LogP contribution in [0.15, 0.2) is 11.6 Å². The van der Waals surface area contributed by atoms with E-state index in [4.69, 9.17) is 5.11 Å². The summed E-state index contributed by atoms with van der Waals surface area (Å²) in [5.41, 5.74) is 0.317. The van der Waals surface area contributed by atoms with Crippen molar-refractivity contribution >= 4 is 5.97 Å². The van der Waals surface area contributed by atoms with E-state index in [0.29, 0.717) is 35.2 Å².